The smallest absolute Gasteiger partial charge is 0.254 e. The predicted octanol–water partition coefficient (Wildman–Crippen LogP) is 1.98. The summed E-state index contributed by atoms with van der Waals surface area (Å²) in [5.74, 6) is -0.0659. The van der Waals surface area contributed by atoms with Crippen molar-refractivity contribution in [3.8, 4) is 0 Å². The number of hydrogen-bond acceptors (Lipinski definition) is 4. The first kappa shape index (κ1) is 16.4. The number of rotatable bonds is 9. The van der Waals surface area contributed by atoms with Crippen molar-refractivity contribution in [2.75, 3.05) is 38.0 Å². The predicted molar refractivity (Wildman–Crippen MR) is 83.1 cm³/mol. The maximum Gasteiger partial charge on any atom is 0.254 e. The second-order valence-electron chi connectivity index (χ2n) is 4.63. The molecule has 20 heavy (non-hydrogen) atoms. The molecule has 0 saturated carbocycles. The molecule has 1 aromatic rings. The van der Waals surface area contributed by atoms with Crippen LogP contribution in [0.25, 0.3) is 0 Å². The zero-order valence-electron chi connectivity index (χ0n) is 12.8. The van der Waals surface area contributed by atoms with E-state index in [4.69, 9.17) is 0 Å². The van der Waals surface area contributed by atoms with E-state index in [0.717, 1.165) is 38.3 Å². The zero-order valence-corrected chi connectivity index (χ0v) is 12.8. The van der Waals surface area contributed by atoms with Crippen molar-refractivity contribution in [1.29, 1.82) is 0 Å². The maximum atomic E-state index is 12.2. The highest BCUT2D eigenvalue weighted by Gasteiger charge is 2.11. The average molecular weight is 278 g/mol. The zero-order chi connectivity index (χ0) is 14.8. The van der Waals surface area contributed by atoms with E-state index >= 15 is 0 Å². The van der Waals surface area contributed by atoms with Crippen molar-refractivity contribution in [1.82, 2.24) is 15.2 Å². The average Bonchev–Trinajstić information content (AvgIpc) is 2.49. The fourth-order valence-electron chi connectivity index (χ4n) is 1.95. The minimum Gasteiger partial charge on any atom is -0.384 e. The van der Waals surface area contributed by atoms with Crippen molar-refractivity contribution in [2.45, 2.75) is 27.2 Å². The Balaban J connectivity index is 2.54. The van der Waals surface area contributed by atoms with Gasteiger partial charge in [0, 0.05) is 32.0 Å². The van der Waals surface area contributed by atoms with E-state index in [1.807, 2.05) is 6.07 Å². The summed E-state index contributed by atoms with van der Waals surface area (Å²) in [6.45, 7) is 10.7. The molecule has 0 saturated heterocycles. The van der Waals surface area contributed by atoms with Crippen molar-refractivity contribution in [2.24, 2.45) is 0 Å². The molecule has 112 valence electrons. The Morgan fingerprint density at radius 3 is 2.65 bits per heavy atom. The van der Waals surface area contributed by atoms with Gasteiger partial charge in [-0.05, 0) is 25.6 Å². The summed E-state index contributed by atoms with van der Waals surface area (Å²) in [6, 6.07) is 1.84. The van der Waals surface area contributed by atoms with Crippen molar-refractivity contribution in [3.05, 3.63) is 24.0 Å². The van der Waals surface area contributed by atoms with Crippen molar-refractivity contribution < 1.29 is 4.79 Å². The Bertz CT molecular complexity index is 405. The first-order valence-corrected chi connectivity index (χ1v) is 7.41. The van der Waals surface area contributed by atoms with Gasteiger partial charge in [-0.2, -0.15) is 0 Å². The van der Waals surface area contributed by atoms with E-state index in [2.05, 4.69) is 41.3 Å². The van der Waals surface area contributed by atoms with Gasteiger partial charge in [-0.15, -0.1) is 0 Å². The number of pyridine rings is 1. The number of nitrogens with one attached hydrogen (secondary N) is 2. The van der Waals surface area contributed by atoms with Crippen LogP contribution in [0.5, 0.6) is 0 Å². The summed E-state index contributed by atoms with van der Waals surface area (Å²) < 4.78 is 0. The Kier molecular flexibility index (Phi) is 7.65. The monoisotopic (exact) mass is 278 g/mol. The van der Waals surface area contributed by atoms with Crippen LogP contribution in [-0.2, 0) is 0 Å². The molecular formula is C15H26N4O. The lowest BCUT2D eigenvalue weighted by atomic mass is 10.2. The number of carbonyl (C=O) groups excluding carboxylic acids is 1. The molecule has 1 heterocycles. The molecule has 0 aliphatic carbocycles. The van der Waals surface area contributed by atoms with Crippen LogP contribution in [0.4, 0.5) is 5.69 Å². The lowest BCUT2D eigenvalue weighted by Gasteiger charge is -2.18. The van der Waals surface area contributed by atoms with Gasteiger partial charge >= 0.3 is 0 Å². The van der Waals surface area contributed by atoms with Crippen LogP contribution in [0.15, 0.2) is 18.5 Å². The molecule has 0 aliphatic heterocycles. The summed E-state index contributed by atoms with van der Waals surface area (Å²) in [5.41, 5.74) is 1.46. The van der Waals surface area contributed by atoms with E-state index < -0.39 is 0 Å². The molecule has 0 spiro atoms. The normalized spacial score (nSPS) is 10.6. The van der Waals surface area contributed by atoms with Gasteiger partial charge < -0.3 is 15.5 Å². The van der Waals surface area contributed by atoms with Crippen LogP contribution in [0.2, 0.25) is 0 Å². The number of aromatic nitrogens is 1. The summed E-state index contributed by atoms with van der Waals surface area (Å²) >= 11 is 0. The van der Waals surface area contributed by atoms with Gasteiger partial charge in [0.2, 0.25) is 0 Å². The Morgan fingerprint density at radius 2 is 2.00 bits per heavy atom. The Labute approximate surface area is 121 Å². The van der Waals surface area contributed by atoms with Gasteiger partial charge in [0.1, 0.15) is 0 Å². The third-order valence-corrected chi connectivity index (χ3v) is 3.24. The third kappa shape index (κ3) is 5.17. The number of likely N-dealkylation sites (N-methyl/N-ethyl adjacent to an activating group) is 1. The van der Waals surface area contributed by atoms with Gasteiger partial charge in [-0.25, -0.2) is 0 Å². The minimum atomic E-state index is -0.0659. The van der Waals surface area contributed by atoms with Gasteiger partial charge in [0.05, 0.1) is 11.3 Å². The van der Waals surface area contributed by atoms with Crippen molar-refractivity contribution >= 4 is 11.6 Å². The number of amides is 1. The molecule has 0 aliphatic rings. The lowest BCUT2D eigenvalue weighted by molar-refractivity contribution is 0.0949. The highest BCUT2D eigenvalue weighted by molar-refractivity contribution is 5.99. The molecule has 0 bridgehead atoms. The molecular weight excluding hydrogens is 252 g/mol. The molecule has 5 nitrogen and oxygen atoms in total. The molecule has 0 radical (unpaired) electrons. The topological polar surface area (TPSA) is 57.3 Å². The van der Waals surface area contributed by atoms with E-state index in [1.165, 1.54) is 0 Å². The summed E-state index contributed by atoms with van der Waals surface area (Å²) in [5, 5.41) is 6.21. The first-order valence-electron chi connectivity index (χ1n) is 7.41. The molecule has 0 aromatic carbocycles. The third-order valence-electron chi connectivity index (χ3n) is 3.24. The van der Waals surface area contributed by atoms with E-state index in [9.17, 15) is 4.79 Å². The second-order valence-corrected chi connectivity index (χ2v) is 4.63. The molecule has 0 fully saturated rings. The van der Waals surface area contributed by atoms with Crippen LogP contribution in [0, 0.1) is 0 Å². The number of hydrogen-bond donors (Lipinski definition) is 2. The van der Waals surface area contributed by atoms with Gasteiger partial charge in [0.25, 0.3) is 5.91 Å². The van der Waals surface area contributed by atoms with Gasteiger partial charge in [-0.3, -0.25) is 9.78 Å². The van der Waals surface area contributed by atoms with Crippen LogP contribution in [-0.4, -0.2) is 48.5 Å². The van der Waals surface area contributed by atoms with E-state index in [1.54, 1.807) is 12.4 Å². The van der Waals surface area contributed by atoms with Crippen LogP contribution in [0.3, 0.4) is 0 Å². The quantitative estimate of drug-likeness (QED) is 0.725. The standard InChI is InChI=1S/C15H26N4O/c1-4-8-17-14-7-9-16-12-13(14)15(20)18-10-11-19(5-2)6-3/h7,9,12H,4-6,8,10-11H2,1-3H3,(H,16,17)(H,18,20). The Hall–Kier alpha value is -1.62. The largest absolute Gasteiger partial charge is 0.384 e. The van der Waals surface area contributed by atoms with Gasteiger partial charge in [-0.1, -0.05) is 20.8 Å². The van der Waals surface area contributed by atoms with E-state index in [0.29, 0.717) is 12.1 Å². The number of nitrogens with zero attached hydrogens (tertiary/aromatic N) is 2. The summed E-state index contributed by atoms with van der Waals surface area (Å²) in [6.07, 6.45) is 4.33. The molecule has 1 aromatic heterocycles. The van der Waals surface area contributed by atoms with Gasteiger partial charge in [0.15, 0.2) is 0 Å². The van der Waals surface area contributed by atoms with Crippen LogP contribution in [0.1, 0.15) is 37.6 Å². The molecule has 0 unspecified atom stereocenters. The highest BCUT2D eigenvalue weighted by Crippen LogP contribution is 2.13. The highest BCUT2D eigenvalue weighted by atomic mass is 16.1. The second kappa shape index (κ2) is 9.31. The SMILES string of the molecule is CCCNc1ccncc1C(=O)NCCN(CC)CC. The Morgan fingerprint density at radius 1 is 1.25 bits per heavy atom. The fourth-order valence-corrected chi connectivity index (χ4v) is 1.95. The van der Waals surface area contributed by atoms with E-state index in [-0.39, 0.29) is 5.91 Å². The van der Waals surface area contributed by atoms with Crippen LogP contribution >= 0.6 is 0 Å². The van der Waals surface area contributed by atoms with Crippen LogP contribution < -0.4 is 10.6 Å². The molecule has 5 heteroatoms. The summed E-state index contributed by atoms with van der Waals surface area (Å²) in [7, 11) is 0. The summed E-state index contributed by atoms with van der Waals surface area (Å²) in [4.78, 5) is 18.5. The number of carbonyl (C=O) groups is 1. The molecule has 2 N–H and O–H groups in total. The maximum absolute atomic E-state index is 12.2. The molecule has 1 rings (SSSR count). The number of anilines is 1. The molecule has 1 amide bonds. The molecule has 0 atom stereocenters. The first-order chi connectivity index (χ1) is 9.72. The van der Waals surface area contributed by atoms with Crippen molar-refractivity contribution in [3.63, 3.8) is 0 Å². The fraction of sp³-hybridized carbons (Fsp3) is 0.600. The lowest BCUT2D eigenvalue weighted by Crippen LogP contribution is -2.35. The minimum absolute atomic E-state index is 0.0659.